The summed E-state index contributed by atoms with van der Waals surface area (Å²) in [6, 6.07) is 5.53. The van der Waals surface area contributed by atoms with E-state index in [0.717, 1.165) is 5.56 Å². The highest BCUT2D eigenvalue weighted by Gasteiger charge is 2.56. The predicted octanol–water partition coefficient (Wildman–Crippen LogP) is 6.48. The number of esters is 4. The molecule has 382 valence electrons. The number of amides is 1. The molecular weight excluding hydrogens is 881 g/mol. The summed E-state index contributed by atoms with van der Waals surface area (Å²) in [7, 11) is 0. The summed E-state index contributed by atoms with van der Waals surface area (Å²) in [5, 5.41) is 10.8. The van der Waals surface area contributed by atoms with Gasteiger partial charge in [0.25, 0.3) is 0 Å². The number of rotatable bonds is 20. The van der Waals surface area contributed by atoms with Crippen molar-refractivity contribution in [2.24, 2.45) is 27.4 Å². The first-order valence-corrected chi connectivity index (χ1v) is 23.2. The number of nitrogens with two attached hydrogens (primary N) is 1. The van der Waals surface area contributed by atoms with E-state index in [1.165, 1.54) is 55.4 Å². The number of carbonyl (C=O) groups excluding carboxylic acids is 5. The molecule has 1 aromatic carbocycles. The van der Waals surface area contributed by atoms with Gasteiger partial charge < -0.3 is 53.7 Å². The molecule has 18 heteroatoms. The van der Waals surface area contributed by atoms with Gasteiger partial charge in [-0.15, -0.1) is 5.10 Å². The summed E-state index contributed by atoms with van der Waals surface area (Å²) in [4.78, 5) is 66.6. The van der Waals surface area contributed by atoms with Crippen molar-refractivity contribution in [3.8, 4) is 17.4 Å². The Labute approximate surface area is 407 Å². The number of H-pyrrole nitrogens is 1. The van der Waals surface area contributed by atoms with Crippen molar-refractivity contribution < 1.29 is 72.1 Å². The van der Waals surface area contributed by atoms with E-state index in [-0.39, 0.29) is 43.6 Å². The third-order valence-corrected chi connectivity index (χ3v) is 10.8. The second-order valence-electron chi connectivity index (χ2n) is 20.5. The zero-order valence-corrected chi connectivity index (χ0v) is 41.6. The number of primary amides is 1. The number of carbonyl (C=O) groups is 5. The molecule has 68 heavy (non-hydrogen) atoms. The molecule has 2 fully saturated rings. The molecule has 2 aromatic rings. The summed E-state index contributed by atoms with van der Waals surface area (Å²) >= 11 is 0. The highest BCUT2D eigenvalue weighted by molar-refractivity contribution is 5.78. The summed E-state index contributed by atoms with van der Waals surface area (Å²) in [5.74, 6) is -2.98. The zero-order valence-electron chi connectivity index (χ0n) is 45.6. The number of hydrogen-bond acceptors (Lipinski definition) is 16. The van der Waals surface area contributed by atoms with E-state index in [0.29, 0.717) is 74.9 Å². The Balaban J connectivity index is 1.86. The number of nitrogens with one attached hydrogen (secondary N) is 2. The number of benzene rings is 1. The van der Waals surface area contributed by atoms with Gasteiger partial charge in [-0.3, -0.25) is 29.1 Å². The van der Waals surface area contributed by atoms with E-state index in [2.05, 4.69) is 15.5 Å². The van der Waals surface area contributed by atoms with Gasteiger partial charge in [-0.05, 0) is 114 Å². The first kappa shape index (κ1) is 49.5. The van der Waals surface area contributed by atoms with Gasteiger partial charge in [0.1, 0.15) is 30.3 Å². The highest BCUT2D eigenvalue weighted by Crippen LogP contribution is 2.38. The van der Waals surface area contributed by atoms with Gasteiger partial charge >= 0.3 is 23.9 Å². The SMILES string of the molecule is [2H]CC(C)(C)C(=O)OC[C@H]1OC(Oc2n[nH]c(C(C)C)c2Cc2ccc(OCCCNCCC(N)=O)cc2OC2CCOCC2)[C@H](OC(=O)C(C)(C)C[2H])[C@@H](OC(=O)C(C)(C)C[2H])[C@@H]1OC(=O)C(C)(C)C[2H]. The van der Waals surface area contributed by atoms with Crippen LogP contribution in [0.2, 0.25) is 0 Å². The molecule has 0 saturated carbocycles. The van der Waals surface area contributed by atoms with Crippen molar-refractivity contribution in [2.75, 3.05) is 39.5 Å². The van der Waals surface area contributed by atoms with Crippen LogP contribution in [-0.2, 0) is 58.8 Å². The second-order valence-corrected chi connectivity index (χ2v) is 20.5. The fourth-order valence-electron chi connectivity index (χ4n) is 6.70. The lowest BCUT2D eigenvalue weighted by molar-refractivity contribution is -0.294. The van der Waals surface area contributed by atoms with Crippen LogP contribution in [0.5, 0.6) is 17.4 Å². The van der Waals surface area contributed by atoms with Crippen LogP contribution in [0.15, 0.2) is 18.2 Å². The van der Waals surface area contributed by atoms with Crippen molar-refractivity contribution in [2.45, 2.75) is 172 Å². The van der Waals surface area contributed by atoms with Crippen LogP contribution in [0.25, 0.3) is 0 Å². The standard InChI is InChI=1S/C50H78N4O14/c1-29(2)37-33(26-30-16-17-32(61-23-15-21-52-22-18-36(51)55)27-34(30)63-31-19-24-60-25-20-31)41(54-53-37)68-42-40(67-46(59)50(12,13)14)39(66-45(58)49(9,10)11)38(65-44(57)48(6,7)8)35(64-42)28-62-43(56)47(3,4)5/h16-17,27,29,31,35,38-40,42,52H,15,18-26,28H2,1-14H3,(H2,51,55)(H,53,54)/t35-,38-,39+,40-,42?/m1/s1/i3D,6D,9D,12D. The zero-order chi connectivity index (χ0) is 53.6. The van der Waals surface area contributed by atoms with Gasteiger partial charge in [0, 0.05) is 55.0 Å². The monoisotopic (exact) mass is 963 g/mol. The lowest BCUT2D eigenvalue weighted by Crippen LogP contribution is -2.65. The largest absolute Gasteiger partial charge is 0.493 e. The van der Waals surface area contributed by atoms with E-state index in [1.54, 1.807) is 0 Å². The molecule has 0 radical (unpaired) electrons. The quantitative estimate of drug-likeness (QED) is 0.0731. The smallest absolute Gasteiger partial charge is 0.311 e. The van der Waals surface area contributed by atoms with Crippen LogP contribution in [0.4, 0.5) is 0 Å². The number of nitrogens with zero attached hydrogens (tertiary/aromatic N) is 1. The molecule has 18 nitrogen and oxygen atoms in total. The van der Waals surface area contributed by atoms with Crippen molar-refractivity contribution in [1.29, 1.82) is 0 Å². The van der Waals surface area contributed by atoms with Crippen LogP contribution in [0, 0.1) is 21.7 Å². The van der Waals surface area contributed by atoms with Gasteiger partial charge in [-0.25, -0.2) is 0 Å². The molecule has 2 aliphatic rings. The van der Waals surface area contributed by atoms with E-state index < -0.39 is 104 Å². The molecule has 4 N–H and O–H groups in total. The van der Waals surface area contributed by atoms with Crippen LogP contribution < -0.4 is 25.3 Å². The predicted molar refractivity (Wildman–Crippen MR) is 251 cm³/mol. The molecule has 0 aliphatic carbocycles. The molecular formula is C50H78N4O14. The lowest BCUT2D eigenvalue weighted by atomic mass is 9.93. The van der Waals surface area contributed by atoms with Gasteiger partial charge in [0.05, 0.1) is 41.5 Å². The summed E-state index contributed by atoms with van der Waals surface area (Å²) in [5.41, 5.74) is 1.66. The van der Waals surface area contributed by atoms with Gasteiger partial charge in [0.15, 0.2) is 12.2 Å². The van der Waals surface area contributed by atoms with Crippen molar-refractivity contribution >= 4 is 29.8 Å². The fourth-order valence-corrected chi connectivity index (χ4v) is 6.70. The molecule has 5 atom stereocenters. The maximum Gasteiger partial charge on any atom is 0.311 e. The van der Waals surface area contributed by atoms with Gasteiger partial charge in [0.2, 0.25) is 24.2 Å². The Morgan fingerprint density at radius 2 is 1.41 bits per heavy atom. The maximum absolute atomic E-state index is 14.1. The summed E-state index contributed by atoms with van der Waals surface area (Å²) < 4.78 is 88.1. The minimum atomic E-state index is -1.75. The van der Waals surface area contributed by atoms with Crippen molar-refractivity contribution in [1.82, 2.24) is 15.5 Å². The molecule has 1 unspecified atom stereocenters. The third kappa shape index (κ3) is 16.4. The second kappa shape index (κ2) is 23.6. The Kier molecular flexibility index (Phi) is 17.2. The van der Waals surface area contributed by atoms with E-state index in [1.807, 2.05) is 32.0 Å². The van der Waals surface area contributed by atoms with Crippen molar-refractivity contribution in [3.05, 3.63) is 35.0 Å². The average molecular weight is 963 g/mol. The molecule has 1 aromatic heterocycles. The highest BCUT2D eigenvalue weighted by atomic mass is 16.7. The molecule has 3 heterocycles. The summed E-state index contributed by atoms with van der Waals surface area (Å²) in [6.45, 7) is 16.1. The molecule has 0 bridgehead atoms. The summed E-state index contributed by atoms with van der Waals surface area (Å²) in [6.07, 6.45) is -6.18. The van der Waals surface area contributed by atoms with Crippen LogP contribution in [0.1, 0.15) is 151 Å². The number of aromatic amines is 1. The fraction of sp³-hybridized carbons (Fsp3) is 0.720. The lowest BCUT2D eigenvalue weighted by Gasteiger charge is -2.45. The van der Waals surface area contributed by atoms with Crippen LogP contribution in [-0.4, -0.2) is 116 Å². The first-order chi connectivity index (χ1) is 33.8. The van der Waals surface area contributed by atoms with Crippen LogP contribution in [0.3, 0.4) is 0 Å². The van der Waals surface area contributed by atoms with Gasteiger partial charge in [-0.1, -0.05) is 19.9 Å². The first-order valence-electron chi connectivity index (χ1n) is 26.0. The minimum Gasteiger partial charge on any atom is -0.493 e. The normalized spacial score (nSPS) is 21.4. The van der Waals surface area contributed by atoms with Gasteiger partial charge in [-0.2, -0.15) is 0 Å². The molecule has 1 amide bonds. The number of aromatic nitrogens is 2. The molecule has 2 aliphatic heterocycles. The van der Waals surface area contributed by atoms with Crippen LogP contribution >= 0.6 is 0 Å². The third-order valence-electron chi connectivity index (χ3n) is 10.8. The number of hydrogen-bond donors (Lipinski definition) is 3. The Morgan fingerprint density at radius 3 is 2.00 bits per heavy atom. The van der Waals surface area contributed by atoms with E-state index in [9.17, 15) is 24.0 Å². The maximum atomic E-state index is 14.1. The molecule has 0 spiro atoms. The Hall–Kier alpha value is -4.94. The molecule has 2 saturated heterocycles. The Bertz CT molecular complexity index is 2130. The Morgan fingerprint density at radius 1 is 0.824 bits per heavy atom. The topological polar surface area (TPSA) is 235 Å². The minimum absolute atomic E-state index is 0.0147. The van der Waals surface area contributed by atoms with Crippen molar-refractivity contribution in [3.63, 3.8) is 0 Å². The molecule has 4 rings (SSSR count). The van der Waals surface area contributed by atoms with E-state index >= 15 is 0 Å². The van der Waals surface area contributed by atoms with E-state index in [4.69, 9.17) is 53.8 Å². The average Bonchev–Trinajstić information content (AvgIpc) is 3.74. The number of ether oxygens (including phenoxy) is 9.